The maximum absolute atomic E-state index is 5.63. The molecule has 0 bridgehead atoms. The summed E-state index contributed by atoms with van der Waals surface area (Å²) in [6.45, 7) is 0. The van der Waals surface area contributed by atoms with Crippen LogP contribution in [-0.2, 0) is 6.42 Å². The van der Waals surface area contributed by atoms with Crippen molar-refractivity contribution in [2.45, 2.75) is 6.42 Å². The number of aromatic nitrogens is 2. The van der Waals surface area contributed by atoms with Gasteiger partial charge in [0, 0.05) is 18.2 Å². The first-order valence-corrected chi connectivity index (χ1v) is 4.48. The highest BCUT2D eigenvalue weighted by Gasteiger charge is 2.16. The monoisotopic (exact) mass is 184 g/mol. The van der Waals surface area contributed by atoms with Crippen LogP contribution in [0.3, 0.4) is 0 Å². The molecule has 3 nitrogen and oxygen atoms in total. The van der Waals surface area contributed by atoms with Gasteiger partial charge in [-0.05, 0) is 11.6 Å². The third kappa shape index (κ3) is 1.06. The molecule has 0 unspecified atom stereocenters. The van der Waals surface area contributed by atoms with E-state index in [0.717, 1.165) is 17.7 Å². The Morgan fingerprint density at radius 2 is 2.07 bits per heavy atom. The van der Waals surface area contributed by atoms with Crippen LogP contribution in [0.4, 0.5) is 0 Å². The van der Waals surface area contributed by atoms with Crippen LogP contribution in [0.25, 0.3) is 0 Å². The minimum absolute atomic E-state index is 0.679. The molecule has 0 amide bonds. The molecule has 0 fully saturated rings. The van der Waals surface area contributed by atoms with E-state index in [1.807, 2.05) is 18.2 Å². The minimum Gasteiger partial charge on any atom is -0.438 e. The Balaban J connectivity index is 2.12. The Labute approximate surface area is 81.4 Å². The number of hydrogen-bond donors (Lipinski definition) is 0. The van der Waals surface area contributed by atoms with Crippen molar-refractivity contribution in [3.63, 3.8) is 0 Å². The largest absolute Gasteiger partial charge is 0.438 e. The van der Waals surface area contributed by atoms with Crippen molar-refractivity contribution in [3.05, 3.63) is 47.9 Å². The van der Waals surface area contributed by atoms with Crippen LogP contribution < -0.4 is 4.74 Å². The number of nitrogens with zero attached hydrogens (tertiary/aromatic N) is 2. The Kier molecular flexibility index (Phi) is 1.50. The van der Waals surface area contributed by atoms with Gasteiger partial charge in [0.05, 0.1) is 0 Å². The van der Waals surface area contributed by atoms with Gasteiger partial charge in [0.2, 0.25) is 5.88 Å². The topological polar surface area (TPSA) is 35.0 Å². The van der Waals surface area contributed by atoms with Crippen molar-refractivity contribution in [2.75, 3.05) is 0 Å². The minimum atomic E-state index is 0.679. The van der Waals surface area contributed by atoms with Gasteiger partial charge in [-0.25, -0.2) is 9.97 Å². The summed E-state index contributed by atoms with van der Waals surface area (Å²) in [5.41, 5.74) is 2.24. The van der Waals surface area contributed by atoms with E-state index in [1.165, 1.54) is 11.9 Å². The summed E-state index contributed by atoms with van der Waals surface area (Å²) in [6.07, 6.45) is 4.16. The van der Waals surface area contributed by atoms with Gasteiger partial charge in [0.25, 0.3) is 0 Å². The summed E-state index contributed by atoms with van der Waals surface area (Å²) in [7, 11) is 0. The normalized spacial score (nSPS) is 12.6. The Morgan fingerprint density at radius 1 is 1.14 bits per heavy atom. The van der Waals surface area contributed by atoms with Gasteiger partial charge < -0.3 is 4.74 Å². The molecule has 0 aliphatic carbocycles. The van der Waals surface area contributed by atoms with Crippen LogP contribution >= 0.6 is 0 Å². The number of fused-ring (bicyclic) bond motifs is 2. The van der Waals surface area contributed by atoms with Crippen LogP contribution in [0, 0.1) is 0 Å². The average Bonchev–Trinajstić information content (AvgIpc) is 2.26. The molecule has 1 aromatic carbocycles. The second-order valence-electron chi connectivity index (χ2n) is 3.24. The van der Waals surface area contributed by atoms with Gasteiger partial charge in [-0.1, -0.05) is 18.2 Å². The summed E-state index contributed by atoms with van der Waals surface area (Å²) in [5, 5.41) is 0. The predicted molar refractivity (Wildman–Crippen MR) is 51.4 cm³/mol. The van der Waals surface area contributed by atoms with Crippen molar-refractivity contribution in [1.29, 1.82) is 0 Å². The second kappa shape index (κ2) is 2.80. The van der Waals surface area contributed by atoms with Crippen LogP contribution in [0.1, 0.15) is 11.1 Å². The van der Waals surface area contributed by atoms with Gasteiger partial charge in [-0.15, -0.1) is 0 Å². The molecule has 3 rings (SSSR count). The molecule has 1 aliphatic heterocycles. The lowest BCUT2D eigenvalue weighted by molar-refractivity contribution is 0.439. The molecule has 14 heavy (non-hydrogen) atoms. The molecule has 1 aromatic heterocycles. The smallest absolute Gasteiger partial charge is 0.225 e. The highest BCUT2D eigenvalue weighted by Crippen LogP contribution is 2.33. The van der Waals surface area contributed by atoms with E-state index in [0.29, 0.717) is 5.88 Å². The SMILES string of the molecule is c1ccc2c(c1)Cc1cncnc1O2. The summed E-state index contributed by atoms with van der Waals surface area (Å²) >= 11 is 0. The molecule has 0 atom stereocenters. The molecule has 2 heterocycles. The zero-order valence-corrected chi connectivity index (χ0v) is 7.47. The highest BCUT2D eigenvalue weighted by molar-refractivity contribution is 5.45. The Morgan fingerprint density at radius 3 is 3.07 bits per heavy atom. The van der Waals surface area contributed by atoms with Crippen LogP contribution in [0.15, 0.2) is 36.8 Å². The van der Waals surface area contributed by atoms with Crippen molar-refractivity contribution >= 4 is 0 Å². The molecule has 1 aliphatic rings. The fourth-order valence-corrected chi connectivity index (χ4v) is 1.62. The van der Waals surface area contributed by atoms with Crippen molar-refractivity contribution in [1.82, 2.24) is 9.97 Å². The first-order chi connectivity index (χ1) is 6.93. The van der Waals surface area contributed by atoms with Gasteiger partial charge in [-0.2, -0.15) is 0 Å². The zero-order valence-electron chi connectivity index (χ0n) is 7.47. The molecular weight excluding hydrogens is 176 g/mol. The van der Waals surface area contributed by atoms with Crippen molar-refractivity contribution < 1.29 is 4.74 Å². The van der Waals surface area contributed by atoms with E-state index < -0.39 is 0 Å². The first kappa shape index (κ1) is 7.50. The maximum Gasteiger partial charge on any atom is 0.225 e. The van der Waals surface area contributed by atoms with E-state index in [2.05, 4.69) is 16.0 Å². The van der Waals surface area contributed by atoms with Gasteiger partial charge in [0.15, 0.2) is 0 Å². The van der Waals surface area contributed by atoms with Gasteiger partial charge in [0.1, 0.15) is 12.1 Å². The van der Waals surface area contributed by atoms with Gasteiger partial charge >= 0.3 is 0 Å². The first-order valence-electron chi connectivity index (χ1n) is 4.48. The number of rotatable bonds is 0. The predicted octanol–water partition coefficient (Wildman–Crippen LogP) is 2.17. The second-order valence-corrected chi connectivity index (χ2v) is 3.24. The van der Waals surface area contributed by atoms with Crippen molar-refractivity contribution in [3.8, 4) is 11.6 Å². The summed E-state index contributed by atoms with van der Waals surface area (Å²) in [5.74, 6) is 1.58. The maximum atomic E-state index is 5.63. The molecule has 0 N–H and O–H groups in total. The molecule has 0 radical (unpaired) electrons. The standard InChI is InChI=1S/C11H8N2O/c1-2-4-10-8(3-1)5-9-6-12-7-13-11(9)14-10/h1-4,6-7H,5H2. The lowest BCUT2D eigenvalue weighted by atomic mass is 10.0. The van der Waals surface area contributed by atoms with Crippen LogP contribution in [-0.4, -0.2) is 9.97 Å². The molecule has 2 aromatic rings. The summed E-state index contributed by atoms with van der Waals surface area (Å²) in [4.78, 5) is 8.06. The van der Waals surface area contributed by atoms with E-state index >= 15 is 0 Å². The number of benzene rings is 1. The summed E-state index contributed by atoms with van der Waals surface area (Å²) < 4.78 is 5.63. The lowest BCUT2D eigenvalue weighted by Gasteiger charge is -2.17. The third-order valence-electron chi connectivity index (χ3n) is 2.31. The van der Waals surface area contributed by atoms with E-state index in [9.17, 15) is 0 Å². The quantitative estimate of drug-likeness (QED) is 0.537. The fourth-order valence-electron chi connectivity index (χ4n) is 1.62. The summed E-state index contributed by atoms with van der Waals surface area (Å²) in [6, 6.07) is 7.99. The fraction of sp³-hybridized carbons (Fsp3) is 0.0909. The molecule has 0 spiro atoms. The molecule has 3 heteroatoms. The molecule has 0 saturated carbocycles. The highest BCUT2D eigenvalue weighted by atomic mass is 16.5. The average molecular weight is 184 g/mol. The lowest BCUT2D eigenvalue weighted by Crippen LogP contribution is -2.04. The Hall–Kier alpha value is -1.90. The molecule has 0 saturated heterocycles. The number of hydrogen-bond acceptors (Lipinski definition) is 3. The number of para-hydroxylation sites is 1. The molecule has 68 valence electrons. The van der Waals surface area contributed by atoms with E-state index in [-0.39, 0.29) is 0 Å². The van der Waals surface area contributed by atoms with Crippen LogP contribution in [0.2, 0.25) is 0 Å². The van der Waals surface area contributed by atoms with Gasteiger partial charge in [-0.3, -0.25) is 0 Å². The molecular formula is C11H8N2O. The van der Waals surface area contributed by atoms with E-state index in [1.54, 1.807) is 6.20 Å². The van der Waals surface area contributed by atoms with Crippen molar-refractivity contribution in [2.24, 2.45) is 0 Å². The Bertz CT molecular complexity index is 395. The van der Waals surface area contributed by atoms with E-state index in [4.69, 9.17) is 4.74 Å². The zero-order chi connectivity index (χ0) is 9.38. The number of ether oxygens (including phenoxy) is 1. The third-order valence-corrected chi connectivity index (χ3v) is 2.31. The van der Waals surface area contributed by atoms with Crippen LogP contribution in [0.5, 0.6) is 11.6 Å².